The van der Waals surface area contributed by atoms with Gasteiger partial charge in [0.1, 0.15) is 11.9 Å². The van der Waals surface area contributed by atoms with Gasteiger partial charge in [0.2, 0.25) is 0 Å². The lowest BCUT2D eigenvalue weighted by Gasteiger charge is -2.16. The van der Waals surface area contributed by atoms with Crippen LogP contribution in [0.1, 0.15) is 17.2 Å². The average Bonchev–Trinajstić information content (AvgIpc) is 2.38. The van der Waals surface area contributed by atoms with Crippen LogP contribution in [0.3, 0.4) is 0 Å². The fourth-order valence-electron chi connectivity index (χ4n) is 1.77. The predicted molar refractivity (Wildman–Crippen MR) is 68.5 cm³/mol. The second kappa shape index (κ2) is 5.21. The number of benzene rings is 2. The van der Waals surface area contributed by atoms with Crippen LogP contribution in [-0.4, -0.2) is 12.2 Å². The Labute approximate surface area is 105 Å². The maximum absolute atomic E-state index is 10.3. The Hall–Kier alpha value is -1.51. The van der Waals surface area contributed by atoms with Crippen LogP contribution in [0.15, 0.2) is 48.5 Å². The van der Waals surface area contributed by atoms with E-state index in [4.69, 9.17) is 16.3 Å². The van der Waals surface area contributed by atoms with E-state index in [-0.39, 0.29) is 0 Å². The van der Waals surface area contributed by atoms with Gasteiger partial charge in [-0.2, -0.15) is 0 Å². The van der Waals surface area contributed by atoms with Crippen LogP contribution in [-0.2, 0) is 0 Å². The molecule has 0 aliphatic rings. The molecular formula is C14H13ClO2. The van der Waals surface area contributed by atoms with E-state index >= 15 is 0 Å². The molecule has 0 aromatic heterocycles. The van der Waals surface area contributed by atoms with Gasteiger partial charge in [0.25, 0.3) is 0 Å². The van der Waals surface area contributed by atoms with Gasteiger partial charge in [-0.05, 0) is 11.6 Å². The number of hydrogen-bond donors (Lipinski definition) is 1. The highest BCUT2D eigenvalue weighted by atomic mass is 35.5. The van der Waals surface area contributed by atoms with Gasteiger partial charge in [-0.3, -0.25) is 0 Å². The molecule has 0 heterocycles. The number of hydrogen-bond acceptors (Lipinski definition) is 2. The monoisotopic (exact) mass is 248 g/mol. The van der Waals surface area contributed by atoms with Gasteiger partial charge in [0.15, 0.2) is 0 Å². The first-order valence-corrected chi connectivity index (χ1v) is 5.67. The Kier molecular flexibility index (Phi) is 3.67. The topological polar surface area (TPSA) is 29.5 Å². The molecule has 1 atom stereocenters. The lowest BCUT2D eigenvalue weighted by atomic mass is 10.0. The second-order valence-electron chi connectivity index (χ2n) is 3.68. The molecule has 0 amide bonds. The maximum atomic E-state index is 10.3. The summed E-state index contributed by atoms with van der Waals surface area (Å²) in [4.78, 5) is 0. The first-order chi connectivity index (χ1) is 8.24. The molecule has 17 heavy (non-hydrogen) atoms. The standard InChI is InChI=1S/C14H13ClO2/c1-17-14-11(8-5-9-12(14)15)13(16)10-6-3-2-4-7-10/h2-9,13,16H,1H3. The number of halogens is 1. The molecule has 2 rings (SSSR count). The van der Waals surface area contributed by atoms with Gasteiger partial charge in [0, 0.05) is 5.56 Å². The van der Waals surface area contributed by atoms with Crippen LogP contribution in [0.2, 0.25) is 5.02 Å². The molecule has 2 aromatic rings. The molecule has 0 spiro atoms. The summed E-state index contributed by atoms with van der Waals surface area (Å²) in [6, 6.07) is 14.8. The molecule has 3 heteroatoms. The first kappa shape index (κ1) is 12.0. The Morgan fingerprint density at radius 2 is 1.76 bits per heavy atom. The van der Waals surface area contributed by atoms with Crippen molar-refractivity contribution in [2.45, 2.75) is 6.10 Å². The van der Waals surface area contributed by atoms with E-state index in [0.717, 1.165) is 5.56 Å². The smallest absolute Gasteiger partial charge is 0.143 e. The number of ether oxygens (including phenoxy) is 1. The van der Waals surface area contributed by atoms with Crippen LogP contribution in [0, 0.1) is 0 Å². The Morgan fingerprint density at radius 1 is 1.06 bits per heavy atom. The predicted octanol–water partition coefficient (Wildman–Crippen LogP) is 3.43. The molecule has 0 saturated carbocycles. The third-order valence-electron chi connectivity index (χ3n) is 2.61. The van der Waals surface area contributed by atoms with Gasteiger partial charge < -0.3 is 9.84 Å². The zero-order chi connectivity index (χ0) is 12.3. The molecule has 1 unspecified atom stereocenters. The summed E-state index contributed by atoms with van der Waals surface area (Å²) in [5, 5.41) is 10.8. The largest absolute Gasteiger partial charge is 0.495 e. The van der Waals surface area contributed by atoms with Crippen molar-refractivity contribution in [3.8, 4) is 5.75 Å². The number of para-hydroxylation sites is 1. The molecule has 1 N–H and O–H groups in total. The van der Waals surface area contributed by atoms with Crippen LogP contribution >= 0.6 is 11.6 Å². The lowest BCUT2D eigenvalue weighted by molar-refractivity contribution is 0.215. The van der Waals surface area contributed by atoms with E-state index in [9.17, 15) is 5.11 Å². The van der Waals surface area contributed by atoms with Crippen LogP contribution in [0.25, 0.3) is 0 Å². The van der Waals surface area contributed by atoms with Crippen molar-refractivity contribution >= 4 is 11.6 Å². The maximum Gasteiger partial charge on any atom is 0.143 e. The van der Waals surface area contributed by atoms with Crippen molar-refractivity contribution < 1.29 is 9.84 Å². The van der Waals surface area contributed by atoms with Crippen molar-refractivity contribution in [1.82, 2.24) is 0 Å². The fraction of sp³-hybridized carbons (Fsp3) is 0.143. The van der Waals surface area contributed by atoms with E-state index in [1.54, 1.807) is 19.2 Å². The van der Waals surface area contributed by atoms with Crippen molar-refractivity contribution in [2.75, 3.05) is 7.11 Å². The number of aliphatic hydroxyl groups excluding tert-OH is 1. The fourth-order valence-corrected chi connectivity index (χ4v) is 2.03. The minimum Gasteiger partial charge on any atom is -0.495 e. The summed E-state index contributed by atoms with van der Waals surface area (Å²) >= 11 is 6.02. The molecule has 0 radical (unpaired) electrons. The molecule has 2 aromatic carbocycles. The molecule has 0 aliphatic carbocycles. The summed E-state index contributed by atoms with van der Waals surface area (Å²) in [6.45, 7) is 0. The van der Waals surface area contributed by atoms with Crippen molar-refractivity contribution in [1.29, 1.82) is 0 Å². The third-order valence-corrected chi connectivity index (χ3v) is 2.91. The minimum atomic E-state index is -0.732. The van der Waals surface area contributed by atoms with Gasteiger partial charge >= 0.3 is 0 Å². The van der Waals surface area contributed by atoms with Gasteiger partial charge in [-0.25, -0.2) is 0 Å². The molecule has 0 bridgehead atoms. The zero-order valence-corrected chi connectivity index (χ0v) is 10.2. The van der Waals surface area contributed by atoms with Gasteiger partial charge in [-0.1, -0.05) is 54.1 Å². The quantitative estimate of drug-likeness (QED) is 0.902. The van der Waals surface area contributed by atoms with Crippen molar-refractivity contribution in [2.24, 2.45) is 0 Å². The minimum absolute atomic E-state index is 0.500. The summed E-state index contributed by atoms with van der Waals surface area (Å²) in [5.74, 6) is 0.519. The summed E-state index contributed by atoms with van der Waals surface area (Å²) in [6.07, 6.45) is -0.732. The highest BCUT2D eigenvalue weighted by molar-refractivity contribution is 6.32. The first-order valence-electron chi connectivity index (χ1n) is 5.29. The van der Waals surface area contributed by atoms with Crippen LogP contribution < -0.4 is 4.74 Å². The Bertz CT molecular complexity index is 497. The molecule has 0 aliphatic heterocycles. The molecule has 0 saturated heterocycles. The van der Waals surface area contributed by atoms with Crippen molar-refractivity contribution in [3.63, 3.8) is 0 Å². The van der Waals surface area contributed by atoms with E-state index in [1.165, 1.54) is 0 Å². The second-order valence-corrected chi connectivity index (χ2v) is 4.08. The summed E-state index contributed by atoms with van der Waals surface area (Å²) in [7, 11) is 1.54. The van der Waals surface area contributed by atoms with E-state index < -0.39 is 6.10 Å². The molecule has 0 fully saturated rings. The van der Waals surface area contributed by atoms with Crippen LogP contribution in [0.4, 0.5) is 0 Å². The third kappa shape index (κ3) is 2.43. The van der Waals surface area contributed by atoms with E-state index in [2.05, 4.69) is 0 Å². The molecular weight excluding hydrogens is 236 g/mol. The summed E-state index contributed by atoms with van der Waals surface area (Å²) < 4.78 is 5.23. The lowest BCUT2D eigenvalue weighted by Crippen LogP contribution is -2.02. The van der Waals surface area contributed by atoms with Crippen LogP contribution in [0.5, 0.6) is 5.75 Å². The highest BCUT2D eigenvalue weighted by Crippen LogP contribution is 2.35. The Morgan fingerprint density at radius 3 is 2.41 bits per heavy atom. The van der Waals surface area contributed by atoms with E-state index in [1.807, 2.05) is 36.4 Å². The SMILES string of the molecule is COc1c(Cl)cccc1C(O)c1ccccc1. The number of aliphatic hydroxyl groups is 1. The highest BCUT2D eigenvalue weighted by Gasteiger charge is 2.16. The van der Waals surface area contributed by atoms with Gasteiger partial charge in [0.05, 0.1) is 12.1 Å². The Balaban J connectivity index is 2.44. The van der Waals surface area contributed by atoms with E-state index in [0.29, 0.717) is 16.3 Å². The van der Waals surface area contributed by atoms with Gasteiger partial charge in [-0.15, -0.1) is 0 Å². The average molecular weight is 249 g/mol. The molecule has 2 nitrogen and oxygen atoms in total. The number of rotatable bonds is 3. The molecule has 88 valence electrons. The summed E-state index contributed by atoms with van der Waals surface area (Å²) in [5.41, 5.74) is 1.49. The normalized spacial score (nSPS) is 12.2. The number of methoxy groups -OCH3 is 1. The van der Waals surface area contributed by atoms with Crippen molar-refractivity contribution in [3.05, 3.63) is 64.7 Å². The zero-order valence-electron chi connectivity index (χ0n) is 9.43.